The standard InChI is InChI=1S/C15H19N3O3S/c1-9(2)15-18-12(8-22-15)10(3)17-13(19)6-16-14(20)11-4-5-21-7-11/h4-5,7-10H,6H2,1-3H3,(H,16,20)(H,17,19)/t10-/m0/s1. The van der Waals surface area contributed by atoms with E-state index in [0.717, 1.165) is 10.7 Å². The average Bonchev–Trinajstić information content (AvgIpc) is 3.15. The number of hydrogen-bond acceptors (Lipinski definition) is 5. The summed E-state index contributed by atoms with van der Waals surface area (Å²) in [5.41, 5.74) is 1.23. The maximum absolute atomic E-state index is 11.9. The zero-order valence-corrected chi connectivity index (χ0v) is 13.6. The summed E-state index contributed by atoms with van der Waals surface area (Å²) in [6, 6.07) is 1.35. The van der Waals surface area contributed by atoms with Crippen LogP contribution in [0.5, 0.6) is 0 Å². The first kappa shape index (κ1) is 16.2. The average molecular weight is 321 g/mol. The second kappa shape index (κ2) is 7.22. The van der Waals surface area contributed by atoms with Crippen LogP contribution >= 0.6 is 11.3 Å². The van der Waals surface area contributed by atoms with Crippen LogP contribution in [0, 0.1) is 0 Å². The van der Waals surface area contributed by atoms with E-state index in [4.69, 9.17) is 4.42 Å². The van der Waals surface area contributed by atoms with Crippen molar-refractivity contribution in [2.24, 2.45) is 0 Å². The Labute approximate surface area is 132 Å². The summed E-state index contributed by atoms with van der Waals surface area (Å²) in [6.45, 7) is 5.94. The Morgan fingerprint density at radius 2 is 2.14 bits per heavy atom. The quantitative estimate of drug-likeness (QED) is 0.856. The molecule has 0 bridgehead atoms. The lowest BCUT2D eigenvalue weighted by Gasteiger charge is -2.12. The molecule has 0 fully saturated rings. The molecule has 0 aromatic carbocycles. The van der Waals surface area contributed by atoms with Gasteiger partial charge in [-0.3, -0.25) is 9.59 Å². The van der Waals surface area contributed by atoms with Crippen LogP contribution in [0.15, 0.2) is 28.4 Å². The minimum Gasteiger partial charge on any atom is -0.472 e. The van der Waals surface area contributed by atoms with Crippen molar-refractivity contribution in [1.29, 1.82) is 0 Å². The van der Waals surface area contributed by atoms with E-state index in [1.165, 1.54) is 12.5 Å². The normalized spacial score (nSPS) is 12.2. The lowest BCUT2D eigenvalue weighted by Crippen LogP contribution is -2.38. The molecule has 0 aliphatic carbocycles. The van der Waals surface area contributed by atoms with Crippen LogP contribution in [0.1, 0.15) is 53.8 Å². The molecule has 0 aliphatic rings. The van der Waals surface area contributed by atoms with Crippen LogP contribution < -0.4 is 10.6 Å². The number of carbonyl (C=O) groups is 2. The Bertz CT molecular complexity index is 634. The Kier molecular flexibility index (Phi) is 5.32. The Hall–Kier alpha value is -2.15. The third kappa shape index (κ3) is 4.17. The smallest absolute Gasteiger partial charge is 0.254 e. The van der Waals surface area contributed by atoms with Gasteiger partial charge in [0, 0.05) is 11.3 Å². The van der Waals surface area contributed by atoms with Crippen LogP contribution in [0.2, 0.25) is 0 Å². The third-order valence-corrected chi connectivity index (χ3v) is 4.21. The number of nitrogens with one attached hydrogen (secondary N) is 2. The topological polar surface area (TPSA) is 84.2 Å². The van der Waals surface area contributed by atoms with Gasteiger partial charge in [0.1, 0.15) is 6.26 Å². The molecule has 2 aromatic heterocycles. The molecule has 2 amide bonds. The summed E-state index contributed by atoms with van der Waals surface area (Å²) in [6.07, 6.45) is 2.74. The van der Waals surface area contributed by atoms with Crippen molar-refractivity contribution in [3.8, 4) is 0 Å². The van der Waals surface area contributed by atoms with E-state index < -0.39 is 0 Å². The fourth-order valence-electron chi connectivity index (χ4n) is 1.79. The Morgan fingerprint density at radius 1 is 1.36 bits per heavy atom. The summed E-state index contributed by atoms with van der Waals surface area (Å²) < 4.78 is 4.82. The highest BCUT2D eigenvalue weighted by Crippen LogP contribution is 2.22. The molecule has 0 saturated carbocycles. The van der Waals surface area contributed by atoms with Gasteiger partial charge in [-0.2, -0.15) is 0 Å². The zero-order chi connectivity index (χ0) is 16.1. The number of hydrogen-bond donors (Lipinski definition) is 2. The van der Waals surface area contributed by atoms with Gasteiger partial charge in [0.2, 0.25) is 5.91 Å². The van der Waals surface area contributed by atoms with Gasteiger partial charge in [-0.1, -0.05) is 13.8 Å². The molecule has 22 heavy (non-hydrogen) atoms. The molecule has 2 rings (SSSR count). The summed E-state index contributed by atoms with van der Waals surface area (Å²) in [7, 11) is 0. The van der Waals surface area contributed by atoms with Crippen molar-refractivity contribution in [3.05, 3.63) is 40.2 Å². The first-order chi connectivity index (χ1) is 10.5. The molecule has 2 heterocycles. The maximum Gasteiger partial charge on any atom is 0.254 e. The van der Waals surface area contributed by atoms with Crippen LogP contribution in [-0.4, -0.2) is 23.3 Å². The molecule has 0 saturated heterocycles. The van der Waals surface area contributed by atoms with E-state index in [0.29, 0.717) is 11.5 Å². The summed E-state index contributed by atoms with van der Waals surface area (Å²) in [4.78, 5) is 28.1. The van der Waals surface area contributed by atoms with Gasteiger partial charge in [0.15, 0.2) is 0 Å². The second-order valence-electron chi connectivity index (χ2n) is 5.25. The minimum absolute atomic E-state index is 0.0878. The van der Waals surface area contributed by atoms with Gasteiger partial charge < -0.3 is 15.1 Å². The Morgan fingerprint density at radius 3 is 2.73 bits per heavy atom. The highest BCUT2D eigenvalue weighted by Gasteiger charge is 2.15. The van der Waals surface area contributed by atoms with Crippen molar-refractivity contribution in [2.75, 3.05) is 6.54 Å². The Balaban J connectivity index is 1.82. The number of rotatable bonds is 6. The van der Waals surface area contributed by atoms with Crippen LogP contribution in [-0.2, 0) is 4.79 Å². The van der Waals surface area contributed by atoms with Crippen molar-refractivity contribution in [2.45, 2.75) is 32.7 Å². The summed E-state index contributed by atoms with van der Waals surface area (Å²) in [5.74, 6) is -0.230. The minimum atomic E-state index is -0.340. The molecule has 0 unspecified atom stereocenters. The highest BCUT2D eigenvalue weighted by atomic mass is 32.1. The van der Waals surface area contributed by atoms with E-state index in [2.05, 4.69) is 29.5 Å². The molecule has 2 N–H and O–H groups in total. The lowest BCUT2D eigenvalue weighted by atomic mass is 10.2. The number of nitrogens with zero attached hydrogens (tertiary/aromatic N) is 1. The first-order valence-electron chi connectivity index (χ1n) is 7.02. The zero-order valence-electron chi connectivity index (χ0n) is 12.8. The molecule has 0 radical (unpaired) electrons. The third-order valence-electron chi connectivity index (χ3n) is 3.05. The molecular formula is C15H19N3O3S. The fraction of sp³-hybridized carbons (Fsp3) is 0.400. The number of thiazole rings is 1. The molecular weight excluding hydrogens is 302 g/mol. The van der Waals surface area contributed by atoms with Crippen molar-refractivity contribution in [3.63, 3.8) is 0 Å². The molecule has 6 nitrogen and oxygen atoms in total. The molecule has 118 valence electrons. The largest absolute Gasteiger partial charge is 0.472 e. The van der Waals surface area contributed by atoms with Gasteiger partial charge >= 0.3 is 0 Å². The van der Waals surface area contributed by atoms with Gasteiger partial charge in [0.05, 0.1) is 35.1 Å². The maximum atomic E-state index is 11.9. The predicted octanol–water partition coefficient (Wildman–Crippen LogP) is 2.47. The van der Waals surface area contributed by atoms with E-state index in [-0.39, 0.29) is 24.4 Å². The molecule has 0 aliphatic heterocycles. The van der Waals surface area contributed by atoms with Gasteiger partial charge in [-0.15, -0.1) is 11.3 Å². The SMILES string of the molecule is CC(C)c1nc([C@H](C)NC(=O)CNC(=O)c2ccoc2)cs1. The number of carbonyl (C=O) groups excluding carboxylic acids is 2. The van der Waals surface area contributed by atoms with Gasteiger partial charge in [-0.25, -0.2) is 4.98 Å². The second-order valence-corrected chi connectivity index (χ2v) is 6.14. The fourth-order valence-corrected chi connectivity index (χ4v) is 2.72. The van der Waals surface area contributed by atoms with Crippen molar-refractivity contribution in [1.82, 2.24) is 15.6 Å². The van der Waals surface area contributed by atoms with E-state index >= 15 is 0 Å². The molecule has 7 heteroatoms. The number of aromatic nitrogens is 1. The molecule has 2 aromatic rings. The summed E-state index contributed by atoms with van der Waals surface area (Å²) >= 11 is 1.59. The molecule has 0 spiro atoms. The van der Waals surface area contributed by atoms with E-state index in [1.54, 1.807) is 17.4 Å². The van der Waals surface area contributed by atoms with Crippen molar-refractivity contribution < 1.29 is 14.0 Å². The predicted molar refractivity (Wildman–Crippen MR) is 83.8 cm³/mol. The number of furan rings is 1. The van der Waals surface area contributed by atoms with E-state index in [9.17, 15) is 9.59 Å². The monoisotopic (exact) mass is 321 g/mol. The lowest BCUT2D eigenvalue weighted by molar-refractivity contribution is -0.120. The molecule has 1 atom stereocenters. The van der Waals surface area contributed by atoms with Crippen LogP contribution in [0.25, 0.3) is 0 Å². The first-order valence-corrected chi connectivity index (χ1v) is 7.90. The van der Waals surface area contributed by atoms with E-state index in [1.807, 2.05) is 12.3 Å². The summed E-state index contributed by atoms with van der Waals surface area (Å²) in [5, 5.41) is 8.35. The van der Waals surface area contributed by atoms with Crippen molar-refractivity contribution >= 4 is 23.2 Å². The number of amides is 2. The van der Waals surface area contributed by atoms with Gasteiger partial charge in [0.25, 0.3) is 5.91 Å². The van der Waals surface area contributed by atoms with Crippen LogP contribution in [0.3, 0.4) is 0 Å². The van der Waals surface area contributed by atoms with Crippen LogP contribution in [0.4, 0.5) is 0 Å². The highest BCUT2D eigenvalue weighted by molar-refractivity contribution is 7.09. The van der Waals surface area contributed by atoms with Gasteiger partial charge in [-0.05, 0) is 13.0 Å².